The van der Waals surface area contributed by atoms with E-state index in [1.807, 2.05) is 31.2 Å². The van der Waals surface area contributed by atoms with Crippen molar-refractivity contribution in [2.75, 3.05) is 11.9 Å². The first-order valence-electron chi connectivity index (χ1n) is 8.61. The fourth-order valence-corrected chi connectivity index (χ4v) is 2.66. The van der Waals surface area contributed by atoms with Crippen molar-refractivity contribution in [2.45, 2.75) is 27.2 Å². The summed E-state index contributed by atoms with van der Waals surface area (Å²) >= 11 is 0. The Morgan fingerprint density at radius 3 is 2.59 bits per heavy atom. The minimum absolute atomic E-state index is 0.199. The smallest absolute Gasteiger partial charge is 0.252 e. The lowest BCUT2D eigenvalue weighted by Gasteiger charge is -2.09. The van der Waals surface area contributed by atoms with Gasteiger partial charge in [-0.25, -0.2) is 4.98 Å². The van der Waals surface area contributed by atoms with E-state index in [1.165, 1.54) is 10.7 Å². The average Bonchev–Trinajstić information content (AvgIpc) is 2.96. The zero-order valence-electron chi connectivity index (χ0n) is 15.4. The molecule has 2 aromatic heterocycles. The van der Waals surface area contributed by atoms with Gasteiger partial charge in [-0.15, -0.1) is 0 Å². The lowest BCUT2D eigenvalue weighted by atomic mass is 10.1. The monoisotopic (exact) mass is 367 g/mol. The quantitative estimate of drug-likeness (QED) is 0.695. The lowest BCUT2D eigenvalue weighted by Crippen LogP contribution is -2.20. The Morgan fingerprint density at radius 2 is 1.93 bits per heavy atom. The summed E-state index contributed by atoms with van der Waals surface area (Å²) in [7, 11) is 0. The van der Waals surface area contributed by atoms with E-state index in [0.717, 1.165) is 11.3 Å². The molecule has 1 amide bonds. The van der Waals surface area contributed by atoms with Crippen LogP contribution in [0.2, 0.25) is 0 Å². The number of aromatic amines is 1. The number of carbonyl (C=O) groups is 1. The summed E-state index contributed by atoms with van der Waals surface area (Å²) in [5.41, 5.74) is 1.84. The van der Waals surface area contributed by atoms with E-state index in [4.69, 9.17) is 4.74 Å². The lowest BCUT2D eigenvalue weighted by molar-refractivity contribution is -0.115. The number of amides is 1. The van der Waals surface area contributed by atoms with Gasteiger partial charge in [0.1, 0.15) is 11.6 Å². The molecule has 0 fully saturated rings. The molecule has 8 nitrogen and oxygen atoms in total. The molecule has 0 unspecified atom stereocenters. The van der Waals surface area contributed by atoms with Gasteiger partial charge >= 0.3 is 0 Å². The highest BCUT2D eigenvalue weighted by atomic mass is 16.5. The zero-order chi connectivity index (χ0) is 19.4. The molecule has 140 valence electrons. The van der Waals surface area contributed by atoms with Gasteiger partial charge in [0.2, 0.25) is 11.9 Å². The summed E-state index contributed by atoms with van der Waals surface area (Å²) in [5.74, 6) is 1.27. The van der Waals surface area contributed by atoms with Gasteiger partial charge in [-0.05, 0) is 38.5 Å². The van der Waals surface area contributed by atoms with E-state index in [0.29, 0.717) is 23.8 Å². The van der Waals surface area contributed by atoms with Crippen LogP contribution in [0.1, 0.15) is 23.9 Å². The van der Waals surface area contributed by atoms with Gasteiger partial charge in [0, 0.05) is 17.8 Å². The molecule has 0 saturated carbocycles. The van der Waals surface area contributed by atoms with Gasteiger partial charge < -0.3 is 10.1 Å². The van der Waals surface area contributed by atoms with Crippen LogP contribution in [0, 0.1) is 13.8 Å². The van der Waals surface area contributed by atoms with E-state index in [-0.39, 0.29) is 23.8 Å². The fraction of sp³-hybridized carbons (Fsp3) is 0.263. The molecule has 2 N–H and O–H groups in total. The molecule has 8 heteroatoms. The van der Waals surface area contributed by atoms with Crippen LogP contribution in [-0.2, 0) is 11.2 Å². The number of hydrogen-bond donors (Lipinski definition) is 2. The number of hydrogen-bond acceptors (Lipinski definition) is 5. The molecule has 3 rings (SSSR count). The van der Waals surface area contributed by atoms with Crippen molar-refractivity contribution in [3.63, 3.8) is 0 Å². The van der Waals surface area contributed by atoms with Crippen LogP contribution in [0.4, 0.5) is 5.82 Å². The van der Waals surface area contributed by atoms with Gasteiger partial charge in [0.15, 0.2) is 0 Å². The largest absolute Gasteiger partial charge is 0.494 e. The molecular weight excluding hydrogens is 346 g/mol. The van der Waals surface area contributed by atoms with E-state index >= 15 is 0 Å². The van der Waals surface area contributed by atoms with Crippen LogP contribution in [-0.4, -0.2) is 32.3 Å². The SMILES string of the molecule is CCOc1ccc(CC(=O)Nc2cc(C)nn2-c2nc(C)cc(=O)[nH]2)cc1. The minimum atomic E-state index is -0.280. The molecule has 0 spiro atoms. The van der Waals surface area contributed by atoms with Crippen LogP contribution >= 0.6 is 0 Å². The van der Waals surface area contributed by atoms with Crippen molar-refractivity contribution in [1.82, 2.24) is 19.7 Å². The summed E-state index contributed by atoms with van der Waals surface area (Å²) in [6, 6.07) is 10.5. The second-order valence-electron chi connectivity index (χ2n) is 6.10. The first-order chi connectivity index (χ1) is 12.9. The first kappa shape index (κ1) is 18.4. The number of aromatic nitrogens is 4. The number of carbonyl (C=O) groups excluding carboxylic acids is 1. The molecule has 3 aromatic rings. The Labute approximate surface area is 156 Å². The van der Waals surface area contributed by atoms with E-state index < -0.39 is 0 Å². The van der Waals surface area contributed by atoms with Gasteiger partial charge in [-0.2, -0.15) is 9.78 Å². The Bertz CT molecular complexity index is 1000. The molecule has 27 heavy (non-hydrogen) atoms. The third-order valence-corrected chi connectivity index (χ3v) is 3.76. The van der Waals surface area contributed by atoms with Crippen LogP contribution in [0.15, 0.2) is 41.2 Å². The van der Waals surface area contributed by atoms with Crippen molar-refractivity contribution in [3.8, 4) is 11.7 Å². The number of benzene rings is 1. The number of rotatable bonds is 6. The number of nitrogens with zero attached hydrogens (tertiary/aromatic N) is 3. The maximum Gasteiger partial charge on any atom is 0.252 e. The Kier molecular flexibility index (Phi) is 5.35. The summed E-state index contributed by atoms with van der Waals surface area (Å²) in [6.07, 6.45) is 0.203. The van der Waals surface area contributed by atoms with Gasteiger partial charge in [0.05, 0.1) is 18.7 Å². The molecule has 0 bridgehead atoms. The number of nitrogens with one attached hydrogen (secondary N) is 2. The maximum absolute atomic E-state index is 12.4. The molecule has 0 radical (unpaired) electrons. The highest BCUT2D eigenvalue weighted by Crippen LogP contribution is 2.16. The van der Waals surface area contributed by atoms with Crippen molar-refractivity contribution in [2.24, 2.45) is 0 Å². The van der Waals surface area contributed by atoms with Crippen LogP contribution < -0.4 is 15.6 Å². The molecule has 2 heterocycles. The predicted molar refractivity (Wildman–Crippen MR) is 101 cm³/mol. The van der Waals surface area contributed by atoms with Crippen LogP contribution in [0.5, 0.6) is 5.75 Å². The number of aryl methyl sites for hydroxylation is 2. The first-order valence-corrected chi connectivity index (χ1v) is 8.61. The Balaban J connectivity index is 1.77. The van der Waals surface area contributed by atoms with E-state index in [1.54, 1.807) is 19.9 Å². The Hall–Kier alpha value is -3.42. The molecule has 0 aliphatic heterocycles. The highest BCUT2D eigenvalue weighted by Gasteiger charge is 2.13. The van der Waals surface area contributed by atoms with E-state index in [2.05, 4.69) is 20.4 Å². The summed E-state index contributed by atoms with van der Waals surface area (Å²) < 4.78 is 6.82. The molecule has 0 saturated heterocycles. The maximum atomic E-state index is 12.4. The number of ether oxygens (including phenoxy) is 1. The van der Waals surface area contributed by atoms with Gasteiger partial charge in [0.25, 0.3) is 5.56 Å². The second-order valence-corrected chi connectivity index (χ2v) is 6.10. The van der Waals surface area contributed by atoms with Crippen molar-refractivity contribution in [3.05, 3.63) is 63.7 Å². The summed E-state index contributed by atoms with van der Waals surface area (Å²) in [6.45, 7) is 6.03. The summed E-state index contributed by atoms with van der Waals surface area (Å²) in [4.78, 5) is 31.1. The summed E-state index contributed by atoms with van der Waals surface area (Å²) in [5, 5.41) is 7.13. The minimum Gasteiger partial charge on any atom is -0.494 e. The molecule has 0 aliphatic carbocycles. The van der Waals surface area contributed by atoms with Crippen molar-refractivity contribution < 1.29 is 9.53 Å². The number of H-pyrrole nitrogens is 1. The van der Waals surface area contributed by atoms with Gasteiger partial charge in [-0.1, -0.05) is 12.1 Å². The standard InChI is InChI=1S/C19H21N5O3/c1-4-27-15-7-5-14(6-8-15)11-18(26)21-16-9-13(3)23-24(16)19-20-12(2)10-17(25)22-19/h5-10H,4,11H2,1-3H3,(H,21,26)(H,20,22,25). The average molecular weight is 367 g/mol. The van der Waals surface area contributed by atoms with Crippen molar-refractivity contribution >= 4 is 11.7 Å². The third kappa shape index (κ3) is 4.60. The Morgan fingerprint density at radius 1 is 1.19 bits per heavy atom. The molecule has 0 aliphatic rings. The predicted octanol–water partition coefficient (Wildman–Crippen LogP) is 2.15. The molecule has 0 atom stereocenters. The van der Waals surface area contributed by atoms with Crippen LogP contribution in [0.3, 0.4) is 0 Å². The van der Waals surface area contributed by atoms with Gasteiger partial charge in [-0.3, -0.25) is 14.6 Å². The molecule has 1 aromatic carbocycles. The van der Waals surface area contributed by atoms with Crippen molar-refractivity contribution in [1.29, 1.82) is 0 Å². The second kappa shape index (κ2) is 7.86. The fourth-order valence-electron chi connectivity index (χ4n) is 2.66. The normalized spacial score (nSPS) is 10.6. The molecular formula is C19H21N5O3. The van der Waals surface area contributed by atoms with E-state index in [9.17, 15) is 9.59 Å². The third-order valence-electron chi connectivity index (χ3n) is 3.76. The number of anilines is 1. The topological polar surface area (TPSA) is 102 Å². The zero-order valence-corrected chi connectivity index (χ0v) is 15.4. The highest BCUT2D eigenvalue weighted by molar-refractivity contribution is 5.91. The van der Waals surface area contributed by atoms with Crippen LogP contribution in [0.25, 0.3) is 5.95 Å².